The lowest BCUT2D eigenvalue weighted by molar-refractivity contribution is 0.0401. The van der Waals surface area contributed by atoms with Gasteiger partial charge in [0.1, 0.15) is 0 Å². The quantitative estimate of drug-likeness (QED) is 0.872. The Balaban J connectivity index is 0.00000256. The molecule has 1 aromatic rings. The molecule has 98 valence electrons. The second-order valence-corrected chi connectivity index (χ2v) is 5.76. The van der Waals surface area contributed by atoms with Gasteiger partial charge in [-0.15, -0.1) is 12.4 Å². The van der Waals surface area contributed by atoms with Crippen molar-refractivity contribution in [2.24, 2.45) is 11.1 Å². The van der Waals surface area contributed by atoms with Crippen LogP contribution in [-0.4, -0.2) is 11.2 Å². The van der Waals surface area contributed by atoms with E-state index < -0.39 is 12.1 Å². The van der Waals surface area contributed by atoms with Gasteiger partial charge in [0.25, 0.3) is 0 Å². The fourth-order valence-electron chi connectivity index (χ4n) is 1.49. The van der Waals surface area contributed by atoms with Gasteiger partial charge >= 0.3 is 0 Å². The van der Waals surface area contributed by atoms with Gasteiger partial charge in [-0.2, -0.15) is 0 Å². The highest BCUT2D eigenvalue weighted by atomic mass is 35.5. The number of benzene rings is 1. The van der Waals surface area contributed by atoms with E-state index in [-0.39, 0.29) is 17.8 Å². The molecule has 2 atom stereocenters. The number of aliphatic hydroxyl groups excluding tert-OH is 1. The molecule has 2 nitrogen and oxygen atoms in total. The van der Waals surface area contributed by atoms with Crippen LogP contribution in [0.4, 0.5) is 0 Å². The van der Waals surface area contributed by atoms with Crippen molar-refractivity contribution in [1.82, 2.24) is 0 Å². The molecule has 0 aliphatic rings. The largest absolute Gasteiger partial charge is 0.391 e. The van der Waals surface area contributed by atoms with Gasteiger partial charge in [0.15, 0.2) is 0 Å². The fourth-order valence-corrected chi connectivity index (χ4v) is 1.92. The van der Waals surface area contributed by atoms with Crippen LogP contribution in [0, 0.1) is 5.41 Å². The van der Waals surface area contributed by atoms with E-state index in [2.05, 4.69) is 0 Å². The molecule has 0 saturated carbocycles. The minimum atomic E-state index is -0.677. The topological polar surface area (TPSA) is 46.2 Å². The highest BCUT2D eigenvalue weighted by Gasteiger charge is 2.30. The van der Waals surface area contributed by atoms with Crippen molar-refractivity contribution >= 4 is 35.6 Å². The number of aliphatic hydroxyl groups is 1. The summed E-state index contributed by atoms with van der Waals surface area (Å²) in [5, 5.41) is 11.0. The van der Waals surface area contributed by atoms with Crippen molar-refractivity contribution in [1.29, 1.82) is 0 Å². The van der Waals surface area contributed by atoms with E-state index in [0.29, 0.717) is 15.6 Å². The second-order valence-electron chi connectivity index (χ2n) is 4.98. The van der Waals surface area contributed by atoms with Crippen molar-refractivity contribution in [3.8, 4) is 0 Å². The van der Waals surface area contributed by atoms with Crippen LogP contribution in [-0.2, 0) is 0 Å². The third-order valence-electron chi connectivity index (χ3n) is 2.57. The van der Waals surface area contributed by atoms with Gasteiger partial charge in [-0.1, -0.05) is 56.1 Å². The minimum absolute atomic E-state index is 0. The lowest BCUT2D eigenvalue weighted by Gasteiger charge is -2.31. The molecular weight excluding hydrogens is 280 g/mol. The average Bonchev–Trinajstić information content (AvgIpc) is 2.18. The van der Waals surface area contributed by atoms with E-state index in [1.165, 1.54) is 0 Å². The molecule has 1 rings (SSSR count). The summed E-state index contributed by atoms with van der Waals surface area (Å²) < 4.78 is 0. The first-order valence-electron chi connectivity index (χ1n) is 5.12. The Kier molecular flexibility index (Phi) is 6.26. The minimum Gasteiger partial charge on any atom is -0.391 e. The summed E-state index contributed by atoms with van der Waals surface area (Å²) >= 11 is 12.0. The lowest BCUT2D eigenvalue weighted by Crippen LogP contribution is -2.37. The van der Waals surface area contributed by atoms with E-state index in [1.807, 2.05) is 20.8 Å². The molecule has 0 aromatic heterocycles. The molecule has 0 spiro atoms. The molecule has 0 saturated heterocycles. The molecule has 17 heavy (non-hydrogen) atoms. The van der Waals surface area contributed by atoms with Gasteiger partial charge < -0.3 is 10.8 Å². The summed E-state index contributed by atoms with van der Waals surface area (Å²) in [5.41, 5.74) is 6.38. The first-order chi connectivity index (χ1) is 7.25. The number of hydrogen-bond acceptors (Lipinski definition) is 2. The third-order valence-corrected chi connectivity index (χ3v) is 3.40. The molecule has 0 amide bonds. The Morgan fingerprint density at radius 2 is 1.76 bits per heavy atom. The van der Waals surface area contributed by atoms with Crippen molar-refractivity contribution in [2.75, 3.05) is 0 Å². The van der Waals surface area contributed by atoms with Gasteiger partial charge in [0, 0.05) is 0 Å². The van der Waals surface area contributed by atoms with E-state index in [4.69, 9.17) is 28.9 Å². The molecule has 0 fully saturated rings. The van der Waals surface area contributed by atoms with Crippen LogP contribution in [0.25, 0.3) is 0 Å². The zero-order valence-electron chi connectivity index (χ0n) is 10.1. The number of halogens is 3. The Morgan fingerprint density at radius 1 is 1.24 bits per heavy atom. The Bertz CT molecular complexity index is 377. The average molecular weight is 299 g/mol. The van der Waals surface area contributed by atoms with Crippen molar-refractivity contribution in [3.05, 3.63) is 33.8 Å². The molecule has 0 aliphatic carbocycles. The number of hydrogen-bond donors (Lipinski definition) is 2. The monoisotopic (exact) mass is 297 g/mol. The van der Waals surface area contributed by atoms with Gasteiger partial charge in [-0.25, -0.2) is 0 Å². The molecule has 0 heterocycles. The number of nitrogens with two attached hydrogens (primary N) is 1. The Morgan fingerprint density at radius 3 is 2.24 bits per heavy atom. The van der Waals surface area contributed by atoms with Crippen LogP contribution in [0.15, 0.2) is 18.2 Å². The zero-order valence-corrected chi connectivity index (χ0v) is 12.4. The summed E-state index contributed by atoms with van der Waals surface area (Å²) in [6.45, 7) is 5.78. The summed E-state index contributed by atoms with van der Waals surface area (Å²) in [5.74, 6) is 0. The molecule has 5 heteroatoms. The van der Waals surface area contributed by atoms with Crippen molar-refractivity contribution in [2.45, 2.75) is 32.9 Å². The van der Waals surface area contributed by atoms with Crippen LogP contribution >= 0.6 is 35.6 Å². The first kappa shape index (κ1) is 17.0. The van der Waals surface area contributed by atoms with E-state index in [9.17, 15) is 5.11 Å². The molecule has 0 radical (unpaired) electrons. The van der Waals surface area contributed by atoms with Gasteiger partial charge in [-0.05, 0) is 17.0 Å². The summed E-state index contributed by atoms with van der Waals surface area (Å²) in [6.07, 6.45) is -0.677. The van der Waals surface area contributed by atoms with Crippen molar-refractivity contribution in [3.63, 3.8) is 0 Å². The normalized spacial score (nSPS) is 15.0. The molecular formula is C12H18Cl3NO. The highest BCUT2D eigenvalue weighted by Crippen LogP contribution is 2.34. The maximum atomic E-state index is 10.1. The molecule has 0 bridgehead atoms. The van der Waals surface area contributed by atoms with Gasteiger partial charge in [0.05, 0.1) is 22.2 Å². The second kappa shape index (κ2) is 6.26. The summed E-state index contributed by atoms with van der Waals surface area (Å²) in [6, 6.07) is 4.72. The van der Waals surface area contributed by atoms with Crippen LogP contribution in [0.5, 0.6) is 0 Å². The standard InChI is InChI=1S/C12H17Cl2NO.ClH/c1-12(2,3)11(16)10(15)7-5-4-6-8(13)9(7)14;/h4-6,10-11,16H,15H2,1-3H3;1H/t10-,11-;/m0./s1. The van der Waals surface area contributed by atoms with E-state index in [0.717, 1.165) is 0 Å². The smallest absolute Gasteiger partial charge is 0.0781 e. The summed E-state index contributed by atoms with van der Waals surface area (Å²) in [4.78, 5) is 0. The maximum Gasteiger partial charge on any atom is 0.0781 e. The molecule has 0 unspecified atom stereocenters. The molecule has 0 aliphatic heterocycles. The number of rotatable bonds is 2. The third kappa shape index (κ3) is 4.01. The van der Waals surface area contributed by atoms with Crippen LogP contribution < -0.4 is 5.73 Å². The lowest BCUT2D eigenvalue weighted by atomic mass is 9.82. The van der Waals surface area contributed by atoms with Crippen LogP contribution in [0.2, 0.25) is 10.0 Å². The maximum absolute atomic E-state index is 10.1. The van der Waals surface area contributed by atoms with Gasteiger partial charge in [0.2, 0.25) is 0 Å². The first-order valence-corrected chi connectivity index (χ1v) is 5.88. The van der Waals surface area contributed by atoms with Crippen LogP contribution in [0.3, 0.4) is 0 Å². The summed E-state index contributed by atoms with van der Waals surface area (Å²) in [7, 11) is 0. The molecule has 3 N–H and O–H groups in total. The highest BCUT2D eigenvalue weighted by molar-refractivity contribution is 6.42. The Labute approximate surface area is 119 Å². The fraction of sp³-hybridized carbons (Fsp3) is 0.500. The van der Waals surface area contributed by atoms with Crippen LogP contribution in [0.1, 0.15) is 32.4 Å². The Hall–Kier alpha value is 0.01000. The van der Waals surface area contributed by atoms with E-state index >= 15 is 0 Å². The van der Waals surface area contributed by atoms with Crippen molar-refractivity contribution < 1.29 is 5.11 Å². The van der Waals surface area contributed by atoms with E-state index in [1.54, 1.807) is 18.2 Å². The predicted molar refractivity (Wildman–Crippen MR) is 76.1 cm³/mol. The molecule has 1 aromatic carbocycles. The van der Waals surface area contributed by atoms with Gasteiger partial charge in [-0.3, -0.25) is 0 Å². The predicted octanol–water partition coefficient (Wildman–Crippen LogP) is 3.82. The zero-order chi connectivity index (χ0) is 12.5. The SMILES string of the molecule is CC(C)(C)[C@@H](O)[C@@H](N)c1cccc(Cl)c1Cl.Cl.